The summed E-state index contributed by atoms with van der Waals surface area (Å²) in [6.07, 6.45) is 3.35. The van der Waals surface area contributed by atoms with Crippen molar-refractivity contribution in [2.45, 2.75) is 43.7 Å². The number of carbonyl (C=O) groups excluding carboxylic acids is 1. The number of hydrogen-bond acceptors (Lipinski definition) is 3. The molecule has 1 heterocycles. The van der Waals surface area contributed by atoms with Crippen LogP contribution in [0, 0.1) is 0 Å². The Morgan fingerprint density at radius 3 is 2.65 bits per heavy atom. The fraction of sp³-hybridized carbons (Fsp3) is 0.588. The summed E-state index contributed by atoms with van der Waals surface area (Å²) in [5.41, 5.74) is 1.34. The van der Waals surface area contributed by atoms with Crippen LogP contribution in [0.3, 0.4) is 0 Å². The molecule has 2 aliphatic rings. The van der Waals surface area contributed by atoms with Crippen molar-refractivity contribution >= 4 is 29.9 Å². The monoisotopic (exact) mass is 358 g/mol. The van der Waals surface area contributed by atoms with E-state index in [1.165, 1.54) is 12.0 Å². The Morgan fingerprint density at radius 1 is 1.39 bits per heavy atom. The number of benzene rings is 1. The lowest BCUT2D eigenvalue weighted by molar-refractivity contribution is -0.129. The van der Waals surface area contributed by atoms with Gasteiger partial charge in [-0.3, -0.25) is 4.79 Å². The second kappa shape index (κ2) is 7.84. The molecule has 1 aromatic carbocycles. The van der Waals surface area contributed by atoms with Gasteiger partial charge in [0.1, 0.15) is 6.04 Å². The van der Waals surface area contributed by atoms with Gasteiger partial charge in [0.2, 0.25) is 5.91 Å². The summed E-state index contributed by atoms with van der Waals surface area (Å²) in [6, 6.07) is 7.77. The molecule has 0 radical (unpaired) electrons. The molecule has 6 heteroatoms. The number of carbonyl (C=O) groups is 1. The molecule has 1 amide bonds. The zero-order valence-electron chi connectivity index (χ0n) is 13.3. The minimum Gasteiger partial charge on any atom is -0.375 e. The zero-order valence-corrected chi connectivity index (χ0v) is 14.9. The lowest BCUT2D eigenvalue weighted by atomic mass is 9.64. The van der Waals surface area contributed by atoms with Crippen LogP contribution in [0.4, 0.5) is 0 Å². The zero-order chi connectivity index (χ0) is 15.6. The Hall–Kier alpha value is -0.810. The molecule has 128 valence electrons. The molecule has 0 spiro atoms. The Bertz CT molecular complexity index is 532. The predicted octanol–water partition coefficient (Wildman–Crippen LogP) is 2.68. The number of nitrogens with one attached hydrogen (secondary N) is 2. The van der Waals surface area contributed by atoms with E-state index in [9.17, 15) is 4.79 Å². The van der Waals surface area contributed by atoms with Crippen molar-refractivity contribution in [1.82, 2.24) is 10.6 Å². The molecule has 0 bridgehead atoms. The summed E-state index contributed by atoms with van der Waals surface area (Å²) in [7, 11) is 0. The van der Waals surface area contributed by atoms with Gasteiger partial charge in [-0.1, -0.05) is 30.2 Å². The van der Waals surface area contributed by atoms with Crippen LogP contribution in [0.15, 0.2) is 24.3 Å². The van der Waals surface area contributed by atoms with Crippen LogP contribution in [-0.2, 0) is 14.9 Å². The van der Waals surface area contributed by atoms with E-state index in [1.54, 1.807) is 0 Å². The maximum atomic E-state index is 12.4. The summed E-state index contributed by atoms with van der Waals surface area (Å²) in [6.45, 7) is 4.01. The van der Waals surface area contributed by atoms with E-state index in [4.69, 9.17) is 16.3 Å². The van der Waals surface area contributed by atoms with Gasteiger partial charge in [-0.25, -0.2) is 0 Å². The van der Waals surface area contributed by atoms with Crippen molar-refractivity contribution in [2.24, 2.45) is 0 Å². The normalized spacial score (nSPS) is 25.8. The molecule has 2 N–H and O–H groups in total. The molecule has 3 rings (SSSR count). The van der Waals surface area contributed by atoms with E-state index >= 15 is 0 Å². The highest BCUT2D eigenvalue weighted by atomic mass is 35.5. The first kappa shape index (κ1) is 18.5. The molecule has 0 unspecified atom stereocenters. The highest BCUT2D eigenvalue weighted by molar-refractivity contribution is 6.30. The van der Waals surface area contributed by atoms with E-state index in [0.717, 1.165) is 24.4 Å². The van der Waals surface area contributed by atoms with Gasteiger partial charge in [-0.15, -0.1) is 12.4 Å². The Morgan fingerprint density at radius 2 is 2.09 bits per heavy atom. The molecule has 23 heavy (non-hydrogen) atoms. The number of ether oxygens (including phenoxy) is 1. The molecule has 1 aliphatic heterocycles. The molecule has 2 fully saturated rings. The van der Waals surface area contributed by atoms with Gasteiger partial charge in [0, 0.05) is 23.5 Å². The highest BCUT2D eigenvalue weighted by Gasteiger charge is 2.39. The van der Waals surface area contributed by atoms with Crippen LogP contribution in [-0.4, -0.2) is 37.7 Å². The summed E-state index contributed by atoms with van der Waals surface area (Å²) in [5, 5.41) is 7.11. The molecule has 4 nitrogen and oxygen atoms in total. The van der Waals surface area contributed by atoms with E-state index in [0.29, 0.717) is 13.2 Å². The highest BCUT2D eigenvalue weighted by Crippen LogP contribution is 2.43. The van der Waals surface area contributed by atoms with Gasteiger partial charge in [-0.2, -0.15) is 0 Å². The lowest BCUT2D eigenvalue weighted by Gasteiger charge is -2.43. The van der Waals surface area contributed by atoms with Crippen molar-refractivity contribution in [1.29, 1.82) is 0 Å². The third-order valence-electron chi connectivity index (χ3n) is 4.97. The third kappa shape index (κ3) is 4.00. The largest absolute Gasteiger partial charge is 0.375 e. The van der Waals surface area contributed by atoms with Gasteiger partial charge < -0.3 is 15.4 Å². The van der Waals surface area contributed by atoms with Crippen LogP contribution in [0.2, 0.25) is 5.02 Å². The molecule has 1 saturated carbocycles. The summed E-state index contributed by atoms with van der Waals surface area (Å²) in [5.74, 6) is 0.0347. The maximum Gasteiger partial charge on any atom is 0.239 e. The average molecular weight is 359 g/mol. The number of hydrogen-bond donors (Lipinski definition) is 2. The van der Waals surface area contributed by atoms with E-state index in [1.807, 2.05) is 19.1 Å². The summed E-state index contributed by atoms with van der Waals surface area (Å²) >= 11 is 5.98. The quantitative estimate of drug-likeness (QED) is 0.869. The Kier molecular flexibility index (Phi) is 6.32. The molecule has 0 aromatic heterocycles. The van der Waals surface area contributed by atoms with Gasteiger partial charge >= 0.3 is 0 Å². The van der Waals surface area contributed by atoms with E-state index in [-0.39, 0.29) is 35.9 Å². The fourth-order valence-corrected chi connectivity index (χ4v) is 3.49. The molecular formula is C17H24Cl2N2O2. The van der Waals surface area contributed by atoms with Gasteiger partial charge in [0.15, 0.2) is 0 Å². The van der Waals surface area contributed by atoms with Gasteiger partial charge in [0.25, 0.3) is 0 Å². The molecule has 1 saturated heterocycles. The topological polar surface area (TPSA) is 50.4 Å². The van der Waals surface area contributed by atoms with Crippen LogP contribution >= 0.6 is 24.0 Å². The number of amides is 1. The average Bonchev–Trinajstić information content (AvgIpc) is 2.48. The molecular weight excluding hydrogens is 335 g/mol. The van der Waals surface area contributed by atoms with Crippen LogP contribution in [0.5, 0.6) is 0 Å². The van der Waals surface area contributed by atoms with Crippen molar-refractivity contribution in [3.8, 4) is 0 Å². The van der Waals surface area contributed by atoms with E-state index < -0.39 is 0 Å². The number of halogens is 2. The standard InChI is InChI=1S/C17H23ClN2O2.ClH/c1-12-15(19-9-10-22-12)16(21)20-11-17(7-2-8-17)13-3-5-14(18)6-4-13;/h3-6,12,15,19H,2,7-11H2,1H3,(H,20,21);1H/t12-,15+;/m1./s1. The molecule has 1 aliphatic carbocycles. The van der Waals surface area contributed by atoms with Crippen LogP contribution < -0.4 is 10.6 Å². The SMILES string of the molecule is C[C@H]1OCCN[C@@H]1C(=O)NCC1(c2ccc(Cl)cc2)CCC1.Cl. The summed E-state index contributed by atoms with van der Waals surface area (Å²) < 4.78 is 5.54. The first-order valence-corrected chi connectivity index (χ1v) is 8.37. The Balaban J connectivity index is 0.00000192. The van der Waals surface area contributed by atoms with Crippen molar-refractivity contribution < 1.29 is 9.53 Å². The minimum atomic E-state index is -0.254. The molecule has 1 aromatic rings. The maximum absolute atomic E-state index is 12.4. The first-order valence-electron chi connectivity index (χ1n) is 7.99. The van der Waals surface area contributed by atoms with E-state index in [2.05, 4.69) is 22.8 Å². The lowest BCUT2D eigenvalue weighted by Crippen LogP contribution is -2.57. The fourth-order valence-electron chi connectivity index (χ4n) is 3.37. The second-order valence-electron chi connectivity index (χ2n) is 6.37. The first-order chi connectivity index (χ1) is 10.6. The van der Waals surface area contributed by atoms with Crippen molar-refractivity contribution in [3.05, 3.63) is 34.9 Å². The third-order valence-corrected chi connectivity index (χ3v) is 5.22. The van der Waals surface area contributed by atoms with Gasteiger partial charge in [0.05, 0.1) is 12.7 Å². The predicted molar refractivity (Wildman–Crippen MR) is 94.4 cm³/mol. The minimum absolute atomic E-state index is 0. The van der Waals surface area contributed by atoms with Crippen molar-refractivity contribution in [2.75, 3.05) is 19.7 Å². The Labute approximate surface area is 148 Å². The van der Waals surface area contributed by atoms with Crippen LogP contribution in [0.1, 0.15) is 31.7 Å². The number of morpholine rings is 1. The summed E-state index contributed by atoms with van der Waals surface area (Å²) in [4.78, 5) is 12.4. The van der Waals surface area contributed by atoms with Crippen molar-refractivity contribution in [3.63, 3.8) is 0 Å². The van der Waals surface area contributed by atoms with Crippen LogP contribution in [0.25, 0.3) is 0 Å². The smallest absolute Gasteiger partial charge is 0.239 e. The molecule has 2 atom stereocenters. The number of rotatable bonds is 4. The second-order valence-corrected chi connectivity index (χ2v) is 6.80. The van der Waals surface area contributed by atoms with Gasteiger partial charge in [-0.05, 0) is 37.5 Å².